The van der Waals surface area contributed by atoms with Gasteiger partial charge >= 0.3 is 6.18 Å². The molecule has 1 N–H and O–H groups in total. The second-order valence-electron chi connectivity index (χ2n) is 6.31. The van der Waals surface area contributed by atoms with Gasteiger partial charge in [-0.05, 0) is 48.5 Å². The number of alkyl halides is 3. The summed E-state index contributed by atoms with van der Waals surface area (Å²) in [7, 11) is 1.46. The molecule has 162 valence electrons. The molecule has 0 aliphatic heterocycles. The highest BCUT2D eigenvalue weighted by Crippen LogP contribution is 2.32. The van der Waals surface area contributed by atoms with Gasteiger partial charge in [-0.15, -0.1) is 0 Å². The van der Waals surface area contributed by atoms with E-state index in [4.69, 9.17) is 21.1 Å². The average molecular weight is 453 g/mol. The van der Waals surface area contributed by atoms with E-state index < -0.39 is 17.6 Å². The number of para-hydroxylation sites is 1. The van der Waals surface area contributed by atoms with Crippen molar-refractivity contribution in [3.63, 3.8) is 0 Å². The van der Waals surface area contributed by atoms with E-state index in [1.54, 1.807) is 24.3 Å². The number of hydrogen-bond donors (Lipinski definition) is 1. The fraction of sp³-hybridized carbons (Fsp3) is 0.136. The Hall–Kier alpha value is -3.26. The van der Waals surface area contributed by atoms with Gasteiger partial charge < -0.3 is 9.47 Å². The van der Waals surface area contributed by atoms with Crippen molar-refractivity contribution in [2.75, 3.05) is 12.5 Å². The van der Waals surface area contributed by atoms with Gasteiger partial charge in [-0.3, -0.25) is 5.43 Å². The molecule has 4 nitrogen and oxygen atoms in total. The number of benzene rings is 3. The van der Waals surface area contributed by atoms with E-state index in [0.717, 1.165) is 12.1 Å². The second-order valence-corrected chi connectivity index (χ2v) is 6.72. The number of halogens is 5. The first kappa shape index (κ1) is 22.4. The van der Waals surface area contributed by atoms with Crippen molar-refractivity contribution in [1.29, 1.82) is 0 Å². The molecule has 3 rings (SSSR count). The van der Waals surface area contributed by atoms with Gasteiger partial charge in [0.05, 0.1) is 29.6 Å². The molecule has 0 heterocycles. The number of ether oxygens (including phenoxy) is 2. The highest BCUT2D eigenvalue weighted by atomic mass is 35.5. The highest BCUT2D eigenvalue weighted by Gasteiger charge is 2.29. The number of nitrogens with zero attached hydrogens (tertiary/aromatic N) is 1. The van der Waals surface area contributed by atoms with Crippen molar-refractivity contribution in [3.8, 4) is 11.5 Å². The Bertz CT molecular complexity index is 1050. The zero-order chi connectivity index (χ0) is 22.4. The van der Waals surface area contributed by atoms with Crippen LogP contribution in [-0.4, -0.2) is 13.3 Å². The van der Waals surface area contributed by atoms with Crippen molar-refractivity contribution < 1.29 is 27.0 Å². The number of hydrazone groups is 1. The van der Waals surface area contributed by atoms with Crippen LogP contribution >= 0.6 is 11.6 Å². The molecule has 31 heavy (non-hydrogen) atoms. The molecule has 0 aliphatic carbocycles. The minimum atomic E-state index is -4.41. The Morgan fingerprint density at radius 1 is 1.03 bits per heavy atom. The summed E-state index contributed by atoms with van der Waals surface area (Å²) in [6, 6.07) is 13.8. The van der Waals surface area contributed by atoms with Crippen LogP contribution in [0.25, 0.3) is 0 Å². The molecule has 3 aromatic rings. The van der Waals surface area contributed by atoms with Crippen LogP contribution in [0.4, 0.5) is 23.2 Å². The summed E-state index contributed by atoms with van der Waals surface area (Å²) >= 11 is 6.04. The minimum Gasteiger partial charge on any atom is -0.493 e. The molecule has 0 radical (unpaired) electrons. The molecule has 3 aromatic carbocycles. The predicted molar refractivity (Wildman–Crippen MR) is 111 cm³/mol. The molecule has 0 atom stereocenters. The predicted octanol–water partition coefficient (Wildman–Crippen LogP) is 6.53. The van der Waals surface area contributed by atoms with Crippen molar-refractivity contribution in [3.05, 3.63) is 88.2 Å². The lowest BCUT2D eigenvalue weighted by atomic mass is 10.2. The van der Waals surface area contributed by atoms with Gasteiger partial charge in [-0.1, -0.05) is 23.7 Å². The van der Waals surface area contributed by atoms with Crippen LogP contribution in [0.15, 0.2) is 65.8 Å². The number of anilines is 1. The number of rotatable bonds is 7. The first-order chi connectivity index (χ1) is 14.8. The number of hydrogen-bond acceptors (Lipinski definition) is 4. The van der Waals surface area contributed by atoms with E-state index >= 15 is 0 Å². The van der Waals surface area contributed by atoms with Crippen LogP contribution in [0.2, 0.25) is 5.02 Å². The highest BCUT2D eigenvalue weighted by molar-refractivity contribution is 6.31. The summed E-state index contributed by atoms with van der Waals surface area (Å²) in [6.45, 7) is -0.140. The minimum absolute atomic E-state index is 0.140. The Kier molecular flexibility index (Phi) is 7.02. The molecular formula is C22H17ClF4N2O2. The summed E-state index contributed by atoms with van der Waals surface area (Å²) in [5, 5.41) is 4.27. The fourth-order valence-corrected chi connectivity index (χ4v) is 2.89. The van der Waals surface area contributed by atoms with Crippen LogP contribution < -0.4 is 14.9 Å². The van der Waals surface area contributed by atoms with Crippen molar-refractivity contribution >= 4 is 23.5 Å². The molecule has 0 aliphatic rings. The Balaban J connectivity index is 1.77. The van der Waals surface area contributed by atoms with E-state index in [-0.39, 0.29) is 17.2 Å². The van der Waals surface area contributed by atoms with Crippen LogP contribution in [0.1, 0.15) is 16.7 Å². The average Bonchev–Trinajstić information content (AvgIpc) is 2.73. The van der Waals surface area contributed by atoms with Crippen molar-refractivity contribution in [1.82, 2.24) is 0 Å². The van der Waals surface area contributed by atoms with Crippen molar-refractivity contribution in [2.24, 2.45) is 5.10 Å². The Morgan fingerprint density at radius 2 is 1.74 bits per heavy atom. The smallest absolute Gasteiger partial charge is 0.416 e. The van der Waals surface area contributed by atoms with Crippen LogP contribution in [0.3, 0.4) is 0 Å². The molecule has 0 bridgehead atoms. The third-order valence-electron chi connectivity index (χ3n) is 4.26. The summed E-state index contributed by atoms with van der Waals surface area (Å²) < 4.78 is 63.0. The summed E-state index contributed by atoms with van der Waals surface area (Å²) in [5.41, 5.74) is 2.97. The first-order valence-corrected chi connectivity index (χ1v) is 9.36. The monoisotopic (exact) mass is 452 g/mol. The largest absolute Gasteiger partial charge is 0.493 e. The first-order valence-electron chi connectivity index (χ1n) is 8.98. The lowest BCUT2D eigenvalue weighted by Crippen LogP contribution is -2.04. The van der Waals surface area contributed by atoms with E-state index in [9.17, 15) is 17.6 Å². The van der Waals surface area contributed by atoms with Gasteiger partial charge in [0.15, 0.2) is 11.5 Å². The van der Waals surface area contributed by atoms with Gasteiger partial charge in [0.25, 0.3) is 0 Å². The fourth-order valence-electron chi connectivity index (χ4n) is 2.67. The van der Waals surface area contributed by atoms with Crippen molar-refractivity contribution in [2.45, 2.75) is 12.8 Å². The molecule has 0 unspecified atom stereocenters. The summed E-state index contributed by atoms with van der Waals surface area (Å²) in [5.74, 6) is 0.204. The van der Waals surface area contributed by atoms with E-state index in [1.807, 2.05) is 0 Å². The van der Waals surface area contributed by atoms with Crippen LogP contribution in [0, 0.1) is 5.82 Å². The standard InChI is InChI=1S/C22H17ClF4N2O2/c1-30-20-7-2-4-14(21(20)31-13-17-18(23)5-3-6-19(17)24)12-28-29-16-10-8-15(9-11-16)22(25,26)27/h2-12,29H,13H2,1H3. The second kappa shape index (κ2) is 9.70. The summed E-state index contributed by atoms with van der Waals surface area (Å²) in [4.78, 5) is 0. The maximum atomic E-state index is 14.0. The molecule has 0 spiro atoms. The zero-order valence-electron chi connectivity index (χ0n) is 16.2. The van der Waals surface area contributed by atoms with Gasteiger partial charge in [-0.25, -0.2) is 4.39 Å². The third kappa shape index (κ3) is 5.67. The maximum absolute atomic E-state index is 14.0. The molecule has 9 heteroatoms. The molecule has 0 saturated carbocycles. The lowest BCUT2D eigenvalue weighted by Gasteiger charge is -2.14. The lowest BCUT2D eigenvalue weighted by molar-refractivity contribution is -0.137. The van der Waals surface area contributed by atoms with Gasteiger partial charge in [-0.2, -0.15) is 18.3 Å². The quantitative estimate of drug-likeness (QED) is 0.252. The van der Waals surface area contributed by atoms with Crippen LogP contribution in [-0.2, 0) is 12.8 Å². The van der Waals surface area contributed by atoms with Gasteiger partial charge in [0.2, 0.25) is 0 Å². The van der Waals surface area contributed by atoms with Crippen LogP contribution in [0.5, 0.6) is 11.5 Å². The topological polar surface area (TPSA) is 42.8 Å². The molecular weight excluding hydrogens is 436 g/mol. The van der Waals surface area contributed by atoms with E-state index in [2.05, 4.69) is 10.5 Å². The Morgan fingerprint density at radius 3 is 2.39 bits per heavy atom. The molecule has 0 aromatic heterocycles. The van der Waals surface area contributed by atoms with Gasteiger partial charge in [0, 0.05) is 11.1 Å². The molecule has 0 fully saturated rings. The van der Waals surface area contributed by atoms with Gasteiger partial charge in [0.1, 0.15) is 12.4 Å². The molecule has 0 saturated heterocycles. The maximum Gasteiger partial charge on any atom is 0.416 e. The Labute approximate surface area is 181 Å². The number of nitrogens with one attached hydrogen (secondary N) is 1. The molecule has 0 amide bonds. The SMILES string of the molecule is COc1cccc(C=NNc2ccc(C(F)(F)F)cc2)c1OCc1c(F)cccc1Cl. The summed E-state index contributed by atoms with van der Waals surface area (Å²) in [6.07, 6.45) is -2.99. The van der Waals surface area contributed by atoms with E-state index in [0.29, 0.717) is 22.7 Å². The number of methoxy groups -OCH3 is 1. The zero-order valence-corrected chi connectivity index (χ0v) is 17.0. The van der Waals surface area contributed by atoms with E-state index in [1.165, 1.54) is 37.6 Å². The third-order valence-corrected chi connectivity index (χ3v) is 4.62. The normalized spacial score (nSPS) is 11.5.